The predicted molar refractivity (Wildman–Crippen MR) is 102 cm³/mol. The third-order valence-electron chi connectivity index (χ3n) is 4.95. The molecule has 1 fully saturated rings. The number of hydrogen-bond acceptors (Lipinski definition) is 5. The van der Waals surface area contributed by atoms with E-state index >= 15 is 0 Å². The van der Waals surface area contributed by atoms with E-state index in [1.165, 1.54) is 11.8 Å². The molecule has 1 aliphatic heterocycles. The summed E-state index contributed by atoms with van der Waals surface area (Å²) in [5.41, 5.74) is 2.24. The Morgan fingerprint density at radius 2 is 1.88 bits per heavy atom. The van der Waals surface area contributed by atoms with Crippen LogP contribution in [0.5, 0.6) is 0 Å². The smallest absolute Gasteiger partial charge is 0.224 e. The lowest BCUT2D eigenvalue weighted by Crippen LogP contribution is -2.49. The fourth-order valence-corrected chi connectivity index (χ4v) is 3.89. The molecule has 0 saturated carbocycles. The van der Waals surface area contributed by atoms with E-state index < -0.39 is 9.84 Å². The average Bonchev–Trinajstić information content (AvgIpc) is 3.02. The zero-order valence-electron chi connectivity index (χ0n) is 15.4. The van der Waals surface area contributed by atoms with E-state index in [1.807, 2.05) is 27.9 Å². The molecule has 142 valence electrons. The van der Waals surface area contributed by atoms with Crippen LogP contribution in [0.3, 0.4) is 0 Å². The van der Waals surface area contributed by atoms with Gasteiger partial charge in [0.25, 0.3) is 0 Å². The van der Waals surface area contributed by atoms with Crippen molar-refractivity contribution in [1.82, 2.24) is 19.6 Å². The van der Waals surface area contributed by atoms with Crippen LogP contribution in [0.2, 0.25) is 0 Å². The van der Waals surface area contributed by atoms with Crippen LogP contribution in [0, 0.1) is 6.92 Å². The summed E-state index contributed by atoms with van der Waals surface area (Å²) >= 11 is 0. The Kier molecular flexibility index (Phi) is 5.62. The number of aryl methyl sites for hydroxylation is 2. The summed E-state index contributed by atoms with van der Waals surface area (Å²) in [6.45, 7) is 5.93. The Morgan fingerprint density at radius 3 is 2.58 bits per heavy atom. The molecule has 0 aliphatic carbocycles. The Labute approximate surface area is 154 Å². The minimum absolute atomic E-state index is 0.129. The van der Waals surface area contributed by atoms with Crippen LogP contribution in [0.25, 0.3) is 10.9 Å². The number of carbonyl (C=O) groups excluding carboxylic acids is 1. The number of sulfone groups is 1. The summed E-state index contributed by atoms with van der Waals surface area (Å²) in [6, 6.07) is 6.09. The van der Waals surface area contributed by atoms with Gasteiger partial charge in [0.15, 0.2) is 0 Å². The van der Waals surface area contributed by atoms with Gasteiger partial charge in [-0.2, -0.15) is 5.10 Å². The van der Waals surface area contributed by atoms with E-state index in [4.69, 9.17) is 0 Å². The van der Waals surface area contributed by atoms with Crippen molar-refractivity contribution in [3.63, 3.8) is 0 Å². The topological polar surface area (TPSA) is 75.5 Å². The molecule has 8 heteroatoms. The fraction of sp³-hybridized carbons (Fsp3) is 0.556. The SMILES string of the molecule is Cc1cccc2c1cnn2CCC(=O)N1CCN(CCS(C)(=O)=O)CC1. The molecule has 2 heterocycles. The van der Waals surface area contributed by atoms with Gasteiger partial charge in [-0.25, -0.2) is 8.42 Å². The molecule has 1 aromatic carbocycles. The van der Waals surface area contributed by atoms with Crippen molar-refractivity contribution in [3.05, 3.63) is 30.0 Å². The molecule has 7 nitrogen and oxygen atoms in total. The van der Waals surface area contributed by atoms with Gasteiger partial charge in [0.1, 0.15) is 9.84 Å². The normalized spacial score (nSPS) is 16.3. The molecule has 2 aromatic rings. The molecule has 3 rings (SSSR count). The highest BCUT2D eigenvalue weighted by molar-refractivity contribution is 7.90. The van der Waals surface area contributed by atoms with Crippen LogP contribution in [-0.4, -0.2) is 78.6 Å². The summed E-state index contributed by atoms with van der Waals surface area (Å²) in [5.74, 6) is 0.302. The maximum Gasteiger partial charge on any atom is 0.224 e. The van der Waals surface area contributed by atoms with Crippen LogP contribution >= 0.6 is 0 Å². The highest BCUT2D eigenvalue weighted by Crippen LogP contribution is 2.18. The van der Waals surface area contributed by atoms with E-state index in [9.17, 15) is 13.2 Å². The molecule has 0 spiro atoms. The lowest BCUT2D eigenvalue weighted by atomic mass is 10.1. The third kappa shape index (κ3) is 4.62. The van der Waals surface area contributed by atoms with E-state index in [2.05, 4.69) is 23.0 Å². The van der Waals surface area contributed by atoms with E-state index in [1.54, 1.807) is 0 Å². The maximum atomic E-state index is 12.5. The van der Waals surface area contributed by atoms with E-state index in [-0.39, 0.29) is 11.7 Å². The number of piperazine rings is 1. The summed E-state index contributed by atoms with van der Waals surface area (Å²) < 4.78 is 24.4. The Bertz CT molecular complexity index is 883. The monoisotopic (exact) mass is 378 g/mol. The number of hydrogen-bond donors (Lipinski definition) is 0. The van der Waals surface area contributed by atoms with Gasteiger partial charge in [-0.1, -0.05) is 12.1 Å². The molecule has 0 bridgehead atoms. The van der Waals surface area contributed by atoms with Gasteiger partial charge in [0.2, 0.25) is 5.91 Å². The van der Waals surface area contributed by atoms with Crippen molar-refractivity contribution >= 4 is 26.6 Å². The largest absolute Gasteiger partial charge is 0.340 e. The average molecular weight is 378 g/mol. The molecule has 0 radical (unpaired) electrons. The summed E-state index contributed by atoms with van der Waals surface area (Å²) in [5, 5.41) is 5.54. The molecule has 1 aromatic heterocycles. The summed E-state index contributed by atoms with van der Waals surface area (Å²) in [6.07, 6.45) is 3.54. The van der Waals surface area contributed by atoms with Gasteiger partial charge < -0.3 is 4.90 Å². The molecule has 0 atom stereocenters. The molecule has 0 N–H and O–H groups in total. The second-order valence-electron chi connectivity index (χ2n) is 6.98. The fourth-order valence-electron chi connectivity index (χ4n) is 3.30. The van der Waals surface area contributed by atoms with Gasteiger partial charge >= 0.3 is 0 Å². The first-order valence-corrected chi connectivity index (χ1v) is 11.0. The van der Waals surface area contributed by atoms with Crippen molar-refractivity contribution < 1.29 is 13.2 Å². The minimum Gasteiger partial charge on any atom is -0.340 e. The van der Waals surface area contributed by atoms with Crippen molar-refractivity contribution in [2.45, 2.75) is 19.9 Å². The zero-order valence-corrected chi connectivity index (χ0v) is 16.2. The van der Waals surface area contributed by atoms with Gasteiger partial charge in [0.05, 0.1) is 24.0 Å². The number of rotatable bonds is 6. The van der Waals surface area contributed by atoms with Crippen LogP contribution in [0.15, 0.2) is 24.4 Å². The maximum absolute atomic E-state index is 12.5. The Morgan fingerprint density at radius 1 is 1.15 bits per heavy atom. The Hall–Kier alpha value is -1.93. The molecule has 26 heavy (non-hydrogen) atoms. The molecular formula is C18H26N4O3S. The second-order valence-corrected chi connectivity index (χ2v) is 9.24. The minimum atomic E-state index is -2.94. The first-order valence-electron chi connectivity index (χ1n) is 8.92. The van der Waals surface area contributed by atoms with Gasteiger partial charge in [0, 0.05) is 50.8 Å². The van der Waals surface area contributed by atoms with Crippen LogP contribution in [-0.2, 0) is 21.2 Å². The zero-order chi connectivity index (χ0) is 18.7. The van der Waals surface area contributed by atoms with Crippen molar-refractivity contribution in [2.24, 2.45) is 0 Å². The van der Waals surface area contributed by atoms with Gasteiger partial charge in [-0.3, -0.25) is 14.4 Å². The molecular weight excluding hydrogens is 352 g/mol. The number of fused-ring (bicyclic) bond motifs is 1. The summed E-state index contributed by atoms with van der Waals surface area (Å²) in [7, 11) is -2.94. The Balaban J connectivity index is 1.49. The standard InChI is InChI=1S/C18H26N4O3S/c1-15-4-3-5-17-16(15)14-19-22(17)7-6-18(23)21-10-8-20(9-11-21)12-13-26(2,24)25/h3-5,14H,6-13H2,1-2H3. The van der Waals surface area contributed by atoms with Gasteiger partial charge in [-0.05, 0) is 18.6 Å². The van der Waals surface area contributed by atoms with Gasteiger partial charge in [-0.15, -0.1) is 0 Å². The van der Waals surface area contributed by atoms with E-state index in [0.717, 1.165) is 24.0 Å². The quantitative estimate of drug-likeness (QED) is 0.747. The molecule has 1 saturated heterocycles. The molecule has 0 unspecified atom stereocenters. The van der Waals surface area contributed by atoms with Crippen LogP contribution < -0.4 is 0 Å². The van der Waals surface area contributed by atoms with Crippen LogP contribution in [0.4, 0.5) is 0 Å². The van der Waals surface area contributed by atoms with E-state index in [0.29, 0.717) is 32.6 Å². The first-order chi connectivity index (χ1) is 12.3. The summed E-state index contributed by atoms with van der Waals surface area (Å²) in [4.78, 5) is 16.5. The number of carbonyl (C=O) groups is 1. The number of aromatic nitrogens is 2. The first kappa shape index (κ1) is 18.8. The number of nitrogens with zero attached hydrogens (tertiary/aromatic N) is 4. The lowest BCUT2D eigenvalue weighted by molar-refractivity contribution is -0.133. The lowest BCUT2D eigenvalue weighted by Gasteiger charge is -2.34. The third-order valence-corrected chi connectivity index (χ3v) is 5.87. The molecule has 1 amide bonds. The van der Waals surface area contributed by atoms with Crippen LogP contribution in [0.1, 0.15) is 12.0 Å². The number of amides is 1. The van der Waals surface area contributed by atoms with Crippen molar-refractivity contribution in [3.8, 4) is 0 Å². The highest BCUT2D eigenvalue weighted by Gasteiger charge is 2.21. The highest BCUT2D eigenvalue weighted by atomic mass is 32.2. The molecule has 1 aliphatic rings. The number of benzene rings is 1. The van der Waals surface area contributed by atoms with Crippen molar-refractivity contribution in [1.29, 1.82) is 0 Å². The van der Waals surface area contributed by atoms with Crippen molar-refractivity contribution in [2.75, 3.05) is 44.7 Å². The second kappa shape index (κ2) is 7.75. The predicted octanol–water partition coefficient (Wildman–Crippen LogP) is 0.924.